The van der Waals surface area contributed by atoms with Crippen LogP contribution in [-0.4, -0.2) is 60.9 Å². The molecule has 0 spiro atoms. The lowest BCUT2D eigenvalue weighted by atomic mass is 10.1. The number of carbonyl (C=O) groups excluding carboxylic acids is 2. The average molecular weight is 267 g/mol. The van der Waals surface area contributed by atoms with Crippen LogP contribution in [0.25, 0.3) is 0 Å². The summed E-state index contributed by atoms with van der Waals surface area (Å²) in [6, 6.07) is -0.258. The molecule has 108 valence electrons. The molecule has 2 aliphatic rings. The maximum atomic E-state index is 12.0. The first-order valence-electron chi connectivity index (χ1n) is 7.33. The molecular weight excluding hydrogens is 242 g/mol. The fourth-order valence-corrected chi connectivity index (χ4v) is 2.97. The highest BCUT2D eigenvalue weighted by Gasteiger charge is 2.33. The Morgan fingerprint density at radius 3 is 2.68 bits per heavy atom. The van der Waals surface area contributed by atoms with Gasteiger partial charge < -0.3 is 15.1 Å². The van der Waals surface area contributed by atoms with Crippen LogP contribution in [0.2, 0.25) is 0 Å². The van der Waals surface area contributed by atoms with Gasteiger partial charge in [0.15, 0.2) is 0 Å². The third-order valence-electron chi connectivity index (χ3n) is 4.19. The monoisotopic (exact) mass is 267 g/mol. The molecule has 0 unspecified atom stereocenters. The zero-order valence-electron chi connectivity index (χ0n) is 12.0. The van der Waals surface area contributed by atoms with Crippen molar-refractivity contribution in [1.29, 1.82) is 0 Å². The van der Waals surface area contributed by atoms with E-state index < -0.39 is 0 Å². The summed E-state index contributed by atoms with van der Waals surface area (Å²) < 4.78 is 0. The van der Waals surface area contributed by atoms with Gasteiger partial charge in [0, 0.05) is 26.6 Å². The number of carbonyl (C=O) groups is 2. The average Bonchev–Trinajstić information content (AvgIpc) is 2.99. The molecular formula is C14H25N3O2. The highest BCUT2D eigenvalue weighted by atomic mass is 16.2. The number of likely N-dealkylation sites (N-methyl/N-ethyl adjacent to an activating group) is 1. The van der Waals surface area contributed by atoms with Crippen LogP contribution >= 0.6 is 0 Å². The van der Waals surface area contributed by atoms with Gasteiger partial charge in [-0.05, 0) is 38.3 Å². The molecule has 2 atom stereocenters. The van der Waals surface area contributed by atoms with Crippen LogP contribution in [-0.2, 0) is 9.59 Å². The fourth-order valence-electron chi connectivity index (χ4n) is 2.97. The van der Waals surface area contributed by atoms with E-state index in [0.717, 1.165) is 6.54 Å². The molecule has 2 saturated heterocycles. The van der Waals surface area contributed by atoms with E-state index in [4.69, 9.17) is 0 Å². The molecule has 1 N–H and O–H groups in total. The number of nitrogens with zero attached hydrogens (tertiary/aromatic N) is 2. The summed E-state index contributed by atoms with van der Waals surface area (Å²) in [5.41, 5.74) is 0. The minimum Gasteiger partial charge on any atom is -0.354 e. The van der Waals surface area contributed by atoms with E-state index in [1.807, 2.05) is 0 Å². The summed E-state index contributed by atoms with van der Waals surface area (Å²) in [7, 11) is 1.72. The predicted octanol–water partition coefficient (Wildman–Crippen LogP) is 0.455. The maximum absolute atomic E-state index is 12.0. The first kappa shape index (κ1) is 14.3. The van der Waals surface area contributed by atoms with Crippen molar-refractivity contribution in [3.63, 3.8) is 0 Å². The van der Waals surface area contributed by atoms with Gasteiger partial charge in [0.25, 0.3) is 0 Å². The van der Waals surface area contributed by atoms with Gasteiger partial charge in [0.05, 0.1) is 0 Å². The topological polar surface area (TPSA) is 52.7 Å². The molecule has 0 radical (unpaired) electrons. The van der Waals surface area contributed by atoms with Gasteiger partial charge in [-0.3, -0.25) is 9.59 Å². The molecule has 5 heteroatoms. The fraction of sp³-hybridized carbons (Fsp3) is 0.857. The van der Waals surface area contributed by atoms with E-state index in [0.29, 0.717) is 25.3 Å². The number of hydrogen-bond donors (Lipinski definition) is 1. The summed E-state index contributed by atoms with van der Waals surface area (Å²) in [6.07, 6.45) is 3.75. The standard InChI is InChI=1S/C14H25N3O2/c1-11(10-17-7-3-4-8-17)9-15-14(19)12-5-6-13(18)16(12)2/h11-12H,3-10H2,1-2H3,(H,15,19)/t11-,12-/m0/s1. The lowest BCUT2D eigenvalue weighted by Gasteiger charge is -2.23. The molecule has 19 heavy (non-hydrogen) atoms. The Morgan fingerprint density at radius 1 is 1.42 bits per heavy atom. The van der Waals surface area contributed by atoms with Crippen molar-refractivity contribution in [2.45, 2.75) is 38.6 Å². The number of nitrogens with one attached hydrogen (secondary N) is 1. The Labute approximate surface area is 115 Å². The Morgan fingerprint density at radius 2 is 2.11 bits per heavy atom. The van der Waals surface area contributed by atoms with Crippen molar-refractivity contribution in [2.24, 2.45) is 5.92 Å². The third-order valence-corrected chi connectivity index (χ3v) is 4.19. The van der Waals surface area contributed by atoms with Crippen LogP contribution in [0.3, 0.4) is 0 Å². The molecule has 0 aromatic heterocycles. The molecule has 0 bridgehead atoms. The minimum atomic E-state index is -0.258. The molecule has 2 aliphatic heterocycles. The van der Waals surface area contributed by atoms with Gasteiger partial charge in [-0.15, -0.1) is 0 Å². The zero-order chi connectivity index (χ0) is 13.8. The van der Waals surface area contributed by atoms with Crippen LogP contribution in [0.15, 0.2) is 0 Å². The number of likely N-dealkylation sites (tertiary alicyclic amines) is 2. The quantitative estimate of drug-likeness (QED) is 0.787. The summed E-state index contributed by atoms with van der Waals surface area (Å²) in [5, 5.41) is 2.99. The molecule has 2 heterocycles. The molecule has 0 saturated carbocycles. The summed E-state index contributed by atoms with van der Waals surface area (Å²) >= 11 is 0. The largest absolute Gasteiger partial charge is 0.354 e. The van der Waals surface area contributed by atoms with E-state index in [1.165, 1.54) is 25.9 Å². The Kier molecular flexibility index (Phi) is 4.80. The normalized spacial score (nSPS) is 25.9. The zero-order valence-corrected chi connectivity index (χ0v) is 12.0. The number of rotatable bonds is 5. The van der Waals surface area contributed by atoms with Crippen LogP contribution in [0.5, 0.6) is 0 Å². The van der Waals surface area contributed by atoms with Crippen LogP contribution < -0.4 is 5.32 Å². The lowest BCUT2D eigenvalue weighted by Crippen LogP contribution is -2.44. The SMILES string of the molecule is C[C@@H](CNC(=O)[C@@H]1CCC(=O)N1C)CN1CCCC1. The number of amides is 2. The van der Waals surface area contributed by atoms with E-state index in [1.54, 1.807) is 11.9 Å². The van der Waals surface area contributed by atoms with E-state index >= 15 is 0 Å². The van der Waals surface area contributed by atoms with Crippen LogP contribution in [0, 0.1) is 5.92 Å². The van der Waals surface area contributed by atoms with Crippen molar-refractivity contribution in [1.82, 2.24) is 15.1 Å². The van der Waals surface area contributed by atoms with Gasteiger partial charge in [-0.2, -0.15) is 0 Å². The van der Waals surface area contributed by atoms with Crippen LogP contribution in [0.4, 0.5) is 0 Å². The number of hydrogen-bond acceptors (Lipinski definition) is 3. The smallest absolute Gasteiger partial charge is 0.242 e. The van der Waals surface area contributed by atoms with E-state index in [-0.39, 0.29) is 17.9 Å². The molecule has 2 rings (SSSR count). The second kappa shape index (κ2) is 6.37. The summed E-state index contributed by atoms with van der Waals surface area (Å²) in [5.74, 6) is 0.538. The lowest BCUT2D eigenvalue weighted by molar-refractivity contribution is -0.133. The first-order chi connectivity index (χ1) is 9.08. The van der Waals surface area contributed by atoms with Gasteiger partial charge in [0.1, 0.15) is 6.04 Å². The maximum Gasteiger partial charge on any atom is 0.242 e. The van der Waals surface area contributed by atoms with Crippen molar-refractivity contribution in [3.05, 3.63) is 0 Å². The van der Waals surface area contributed by atoms with Gasteiger partial charge in [-0.1, -0.05) is 6.92 Å². The van der Waals surface area contributed by atoms with Gasteiger partial charge in [-0.25, -0.2) is 0 Å². The van der Waals surface area contributed by atoms with Gasteiger partial charge >= 0.3 is 0 Å². The molecule has 0 aromatic rings. The molecule has 0 aliphatic carbocycles. The van der Waals surface area contributed by atoms with Crippen molar-refractivity contribution < 1.29 is 9.59 Å². The van der Waals surface area contributed by atoms with Crippen molar-refractivity contribution in [3.8, 4) is 0 Å². The second-order valence-electron chi connectivity index (χ2n) is 5.92. The van der Waals surface area contributed by atoms with E-state index in [9.17, 15) is 9.59 Å². The second-order valence-corrected chi connectivity index (χ2v) is 5.92. The van der Waals surface area contributed by atoms with Gasteiger partial charge in [0.2, 0.25) is 11.8 Å². The molecule has 5 nitrogen and oxygen atoms in total. The first-order valence-corrected chi connectivity index (χ1v) is 7.33. The third kappa shape index (κ3) is 3.69. The minimum absolute atomic E-state index is 0.00150. The van der Waals surface area contributed by atoms with Crippen molar-refractivity contribution in [2.75, 3.05) is 33.2 Å². The Bertz CT molecular complexity index is 340. The Balaban J connectivity index is 1.69. The highest BCUT2D eigenvalue weighted by Crippen LogP contribution is 2.16. The summed E-state index contributed by atoms with van der Waals surface area (Å²) in [6.45, 7) is 6.31. The molecule has 0 aromatic carbocycles. The highest BCUT2D eigenvalue weighted by molar-refractivity contribution is 5.90. The predicted molar refractivity (Wildman–Crippen MR) is 73.6 cm³/mol. The molecule has 2 amide bonds. The van der Waals surface area contributed by atoms with Crippen LogP contribution in [0.1, 0.15) is 32.6 Å². The Hall–Kier alpha value is -1.10. The molecule has 2 fully saturated rings. The van der Waals surface area contributed by atoms with E-state index in [2.05, 4.69) is 17.1 Å². The summed E-state index contributed by atoms with van der Waals surface area (Å²) in [4.78, 5) is 27.5. The van der Waals surface area contributed by atoms with Crippen molar-refractivity contribution >= 4 is 11.8 Å².